The number of hydrogen-bond donors (Lipinski definition) is 0. The van der Waals surface area contributed by atoms with E-state index in [-0.39, 0.29) is 44.0 Å². The zero-order valence-corrected chi connectivity index (χ0v) is 52.2. The van der Waals surface area contributed by atoms with Crippen molar-refractivity contribution in [3.63, 3.8) is 0 Å². The highest BCUT2D eigenvalue weighted by Crippen LogP contribution is 2.16. The van der Waals surface area contributed by atoms with Crippen LogP contribution < -0.4 is 0 Å². The molecular formula is C75H120O6. The van der Waals surface area contributed by atoms with E-state index in [1.54, 1.807) is 0 Å². The van der Waals surface area contributed by atoms with E-state index < -0.39 is 6.10 Å². The second-order valence-electron chi connectivity index (χ2n) is 21.2. The van der Waals surface area contributed by atoms with Crippen molar-refractivity contribution in [2.45, 2.75) is 284 Å². The normalized spacial score (nSPS) is 13.2. The number of ether oxygens (including phenoxy) is 3. The summed E-state index contributed by atoms with van der Waals surface area (Å²) in [5.41, 5.74) is 0. The molecule has 0 fully saturated rings. The van der Waals surface area contributed by atoms with Gasteiger partial charge in [0.05, 0.1) is 0 Å². The van der Waals surface area contributed by atoms with Crippen molar-refractivity contribution in [2.75, 3.05) is 13.2 Å². The smallest absolute Gasteiger partial charge is 0.306 e. The minimum Gasteiger partial charge on any atom is -0.462 e. The Balaban J connectivity index is 4.20. The third-order valence-electron chi connectivity index (χ3n) is 13.5. The molecule has 0 spiro atoms. The largest absolute Gasteiger partial charge is 0.462 e. The van der Waals surface area contributed by atoms with E-state index in [1.807, 2.05) is 12.2 Å². The second-order valence-corrected chi connectivity index (χ2v) is 21.2. The molecule has 456 valence electrons. The van der Waals surface area contributed by atoms with E-state index >= 15 is 0 Å². The SMILES string of the molecule is CC/C=C\C/C=C\C/C=C\C/C=C\C/C=C\CCCCCCCCCCCCCCCCCCCCCC(=O)OCC(COC(=O)CC/C=C\C/C=C\C/C=C\C/C=C\CC)OC(=O)CCCC/C=C\C/C=C\C/C=C\C/C=C\CC. The summed E-state index contributed by atoms with van der Waals surface area (Å²) < 4.78 is 16.8. The quantitative estimate of drug-likeness (QED) is 0.0261. The van der Waals surface area contributed by atoms with Crippen molar-refractivity contribution >= 4 is 17.9 Å². The Morgan fingerprint density at radius 3 is 0.790 bits per heavy atom. The van der Waals surface area contributed by atoms with Gasteiger partial charge in [-0.15, -0.1) is 0 Å². The Bertz CT molecular complexity index is 1810. The summed E-state index contributed by atoms with van der Waals surface area (Å²) in [6.45, 7) is 6.20. The van der Waals surface area contributed by atoms with Crippen molar-refractivity contribution < 1.29 is 28.6 Å². The van der Waals surface area contributed by atoms with Gasteiger partial charge in [0.2, 0.25) is 0 Å². The lowest BCUT2D eigenvalue weighted by atomic mass is 10.0. The summed E-state index contributed by atoms with van der Waals surface area (Å²) in [5.74, 6) is -1.05. The predicted octanol–water partition coefficient (Wildman–Crippen LogP) is 22.9. The van der Waals surface area contributed by atoms with Gasteiger partial charge in [-0.05, 0) is 128 Å². The van der Waals surface area contributed by atoms with E-state index in [4.69, 9.17) is 14.2 Å². The van der Waals surface area contributed by atoms with Gasteiger partial charge in [-0.2, -0.15) is 0 Å². The third-order valence-corrected chi connectivity index (χ3v) is 13.5. The maximum absolute atomic E-state index is 12.9. The second kappa shape index (κ2) is 67.5. The number of allylic oxidation sites excluding steroid dienone is 26. The fourth-order valence-corrected chi connectivity index (χ4v) is 8.71. The molecule has 0 bridgehead atoms. The van der Waals surface area contributed by atoms with E-state index in [9.17, 15) is 14.4 Å². The fourth-order valence-electron chi connectivity index (χ4n) is 8.71. The molecule has 0 aromatic heterocycles. The molecule has 6 nitrogen and oxygen atoms in total. The summed E-state index contributed by atoms with van der Waals surface area (Å²) in [6, 6.07) is 0. The molecule has 0 aromatic carbocycles. The molecule has 6 heteroatoms. The van der Waals surface area contributed by atoms with Gasteiger partial charge < -0.3 is 14.2 Å². The van der Waals surface area contributed by atoms with Crippen molar-refractivity contribution in [1.29, 1.82) is 0 Å². The minimum absolute atomic E-state index is 0.120. The monoisotopic (exact) mass is 1120 g/mol. The third kappa shape index (κ3) is 65.7. The van der Waals surface area contributed by atoms with Gasteiger partial charge in [-0.3, -0.25) is 14.4 Å². The lowest BCUT2D eigenvalue weighted by Gasteiger charge is -2.18. The van der Waals surface area contributed by atoms with Crippen LogP contribution in [0.3, 0.4) is 0 Å². The zero-order valence-electron chi connectivity index (χ0n) is 52.2. The van der Waals surface area contributed by atoms with E-state index in [0.717, 1.165) is 116 Å². The molecule has 0 aliphatic rings. The number of hydrogen-bond acceptors (Lipinski definition) is 6. The Morgan fingerprint density at radius 2 is 0.469 bits per heavy atom. The van der Waals surface area contributed by atoms with Gasteiger partial charge in [-0.1, -0.05) is 288 Å². The van der Waals surface area contributed by atoms with Crippen LogP contribution in [0.1, 0.15) is 278 Å². The highest BCUT2D eigenvalue weighted by atomic mass is 16.6. The first-order chi connectivity index (χ1) is 40.0. The van der Waals surface area contributed by atoms with E-state index in [1.165, 1.54) is 109 Å². The van der Waals surface area contributed by atoms with Crippen LogP contribution in [0.2, 0.25) is 0 Å². The molecule has 0 aromatic rings. The summed E-state index contributed by atoms with van der Waals surface area (Å²) in [5, 5.41) is 0. The Labute approximate surface area is 499 Å². The number of carbonyl (C=O) groups is 3. The average molecular weight is 1120 g/mol. The molecule has 1 unspecified atom stereocenters. The van der Waals surface area contributed by atoms with Gasteiger partial charge in [0.1, 0.15) is 13.2 Å². The van der Waals surface area contributed by atoms with Gasteiger partial charge in [0.25, 0.3) is 0 Å². The maximum Gasteiger partial charge on any atom is 0.306 e. The Morgan fingerprint density at radius 1 is 0.247 bits per heavy atom. The number of rotatable bonds is 58. The van der Waals surface area contributed by atoms with Crippen molar-refractivity contribution in [1.82, 2.24) is 0 Å². The lowest BCUT2D eigenvalue weighted by molar-refractivity contribution is -0.166. The summed E-state index contributed by atoms with van der Waals surface area (Å²) in [6.07, 6.45) is 98.7. The van der Waals surface area contributed by atoms with Crippen LogP contribution in [0.15, 0.2) is 158 Å². The van der Waals surface area contributed by atoms with E-state index in [0.29, 0.717) is 19.3 Å². The van der Waals surface area contributed by atoms with Crippen molar-refractivity contribution in [3.8, 4) is 0 Å². The first-order valence-corrected chi connectivity index (χ1v) is 33.0. The standard InChI is InChI=1S/C75H120O6/c1-4-7-10-13-16-19-22-25-27-28-29-30-31-32-33-34-35-36-37-38-39-40-41-42-43-44-45-46-48-50-53-56-59-62-65-68-74(77)80-71-72(70-79-73(76)67-64-61-58-55-52-49-24-21-18-15-12-9-6-3)81-75(78)69-66-63-60-57-54-51-47-26-23-20-17-14-11-8-5-2/h7-12,16-21,25-27,29-30,32-33,47,49,52,54,57-58,61,72H,4-6,13-15,22-24,28,31,34-46,48,50-51,53,55-56,59-60,62-71H2,1-3H3/b10-7-,11-8-,12-9-,19-16-,20-17-,21-18-,27-25-,30-29-,33-32-,47-26-,52-49-,57-54-,61-58-. The van der Waals surface area contributed by atoms with E-state index in [2.05, 4.69) is 167 Å². The number of unbranched alkanes of at least 4 members (excludes halogenated alkanes) is 21. The first kappa shape index (κ1) is 76.0. The molecule has 0 amide bonds. The first-order valence-electron chi connectivity index (χ1n) is 33.0. The maximum atomic E-state index is 12.9. The van der Waals surface area contributed by atoms with Crippen LogP contribution in [0, 0.1) is 0 Å². The Kier molecular flexibility index (Phi) is 63.4. The highest BCUT2D eigenvalue weighted by Gasteiger charge is 2.19. The molecule has 1 atom stereocenters. The minimum atomic E-state index is -0.834. The average Bonchev–Trinajstić information content (AvgIpc) is 3.46. The van der Waals surface area contributed by atoms with Crippen molar-refractivity contribution in [2.24, 2.45) is 0 Å². The molecule has 0 saturated carbocycles. The predicted molar refractivity (Wildman–Crippen MR) is 352 cm³/mol. The van der Waals surface area contributed by atoms with Crippen LogP contribution in [0.25, 0.3) is 0 Å². The zero-order chi connectivity index (χ0) is 58.5. The lowest BCUT2D eigenvalue weighted by Crippen LogP contribution is -2.30. The molecule has 0 N–H and O–H groups in total. The van der Waals surface area contributed by atoms with Gasteiger partial charge in [-0.25, -0.2) is 0 Å². The summed E-state index contributed by atoms with van der Waals surface area (Å²) in [7, 11) is 0. The summed E-state index contributed by atoms with van der Waals surface area (Å²) in [4.78, 5) is 38.2. The fraction of sp³-hybridized carbons (Fsp3) is 0.613. The highest BCUT2D eigenvalue weighted by molar-refractivity contribution is 5.71. The van der Waals surface area contributed by atoms with Crippen LogP contribution in [-0.2, 0) is 28.6 Å². The molecular weight excluding hydrogens is 997 g/mol. The van der Waals surface area contributed by atoms with Gasteiger partial charge in [0.15, 0.2) is 6.10 Å². The topological polar surface area (TPSA) is 78.9 Å². The Hall–Kier alpha value is -4.97. The molecule has 81 heavy (non-hydrogen) atoms. The molecule has 0 saturated heterocycles. The molecule has 0 aliphatic carbocycles. The number of esters is 3. The molecule has 0 radical (unpaired) electrons. The molecule has 0 rings (SSSR count). The van der Waals surface area contributed by atoms with Crippen LogP contribution in [0.4, 0.5) is 0 Å². The van der Waals surface area contributed by atoms with Crippen molar-refractivity contribution in [3.05, 3.63) is 158 Å². The molecule has 0 aliphatic heterocycles. The number of carbonyl (C=O) groups excluding carboxylic acids is 3. The van der Waals surface area contributed by atoms with Crippen LogP contribution in [0.5, 0.6) is 0 Å². The van der Waals surface area contributed by atoms with Crippen LogP contribution in [-0.4, -0.2) is 37.2 Å². The van der Waals surface area contributed by atoms with Gasteiger partial charge >= 0.3 is 17.9 Å². The van der Waals surface area contributed by atoms with Gasteiger partial charge in [0, 0.05) is 19.3 Å². The van der Waals surface area contributed by atoms with Crippen LogP contribution >= 0.6 is 0 Å². The summed E-state index contributed by atoms with van der Waals surface area (Å²) >= 11 is 0. The molecule has 0 heterocycles.